The summed E-state index contributed by atoms with van der Waals surface area (Å²) in [4.78, 5) is 24.9. The number of pyridine rings is 1. The number of carbonyl (C=O) groups is 1. The molecule has 0 bridgehead atoms. The van der Waals surface area contributed by atoms with E-state index < -0.39 is 23.1 Å². The van der Waals surface area contributed by atoms with E-state index in [0.717, 1.165) is 27.7 Å². The largest absolute Gasteiger partial charge is 0.507 e. The fourth-order valence-electron chi connectivity index (χ4n) is 2.72. The van der Waals surface area contributed by atoms with Gasteiger partial charge in [-0.3, -0.25) is 0 Å². The van der Waals surface area contributed by atoms with Crippen LogP contribution in [0.2, 0.25) is 0 Å². The maximum absolute atomic E-state index is 14.4. The van der Waals surface area contributed by atoms with E-state index in [1.807, 2.05) is 13.0 Å². The highest BCUT2D eigenvalue weighted by Gasteiger charge is 2.19. The van der Waals surface area contributed by atoms with Gasteiger partial charge >= 0.3 is 5.97 Å². The van der Waals surface area contributed by atoms with Crippen molar-refractivity contribution in [3.8, 4) is 32.8 Å². The van der Waals surface area contributed by atoms with Gasteiger partial charge in [-0.2, -0.15) is 0 Å². The highest BCUT2D eigenvalue weighted by molar-refractivity contribution is 7.16. The van der Waals surface area contributed by atoms with Gasteiger partial charge in [-0.1, -0.05) is 6.07 Å². The molecule has 0 fully saturated rings. The summed E-state index contributed by atoms with van der Waals surface area (Å²) in [5.74, 6) is -2.18. The summed E-state index contributed by atoms with van der Waals surface area (Å²) in [6.07, 6.45) is 1.64. The molecule has 3 heterocycles. The van der Waals surface area contributed by atoms with E-state index in [1.54, 1.807) is 23.7 Å². The Labute approximate surface area is 178 Å². The molecule has 7 nitrogen and oxygen atoms in total. The average Bonchev–Trinajstić information content (AvgIpc) is 3.35. The Hall–Kier alpha value is -3.37. The van der Waals surface area contributed by atoms with Crippen LogP contribution in [0.4, 0.5) is 4.39 Å². The third-order valence-corrected chi connectivity index (χ3v) is 6.13. The molecule has 4 rings (SSSR count). The zero-order valence-corrected chi connectivity index (χ0v) is 17.1. The maximum atomic E-state index is 14.4. The minimum atomic E-state index is -1.40. The Morgan fingerprint density at radius 2 is 2.10 bits per heavy atom. The molecule has 4 aromatic rings. The van der Waals surface area contributed by atoms with E-state index >= 15 is 0 Å². The number of aryl methyl sites for hydroxylation is 1. The SMILES string of the molecule is Cc1nc(COc2ccccn2)sc1-c1csc(-c2cc(O)c(C(=O)O)cc2F)n1. The minimum absolute atomic E-state index is 0.0367. The van der Waals surface area contributed by atoms with E-state index in [1.165, 1.54) is 22.7 Å². The first kappa shape index (κ1) is 19.9. The lowest BCUT2D eigenvalue weighted by atomic mass is 10.1. The van der Waals surface area contributed by atoms with Crippen LogP contribution in [0.15, 0.2) is 41.9 Å². The molecule has 0 radical (unpaired) electrons. The predicted molar refractivity (Wildman–Crippen MR) is 111 cm³/mol. The van der Waals surface area contributed by atoms with Crippen LogP contribution < -0.4 is 4.74 Å². The molecule has 0 unspecified atom stereocenters. The number of carboxylic acids is 1. The minimum Gasteiger partial charge on any atom is -0.507 e. The normalized spacial score (nSPS) is 10.9. The van der Waals surface area contributed by atoms with Crippen LogP contribution >= 0.6 is 22.7 Å². The van der Waals surface area contributed by atoms with Crippen molar-refractivity contribution in [3.63, 3.8) is 0 Å². The molecule has 10 heteroatoms. The van der Waals surface area contributed by atoms with Gasteiger partial charge in [0, 0.05) is 23.2 Å². The fraction of sp³-hybridized carbons (Fsp3) is 0.100. The van der Waals surface area contributed by atoms with Crippen molar-refractivity contribution in [3.05, 3.63) is 64.0 Å². The van der Waals surface area contributed by atoms with Crippen LogP contribution in [0.1, 0.15) is 21.1 Å². The fourth-order valence-corrected chi connectivity index (χ4v) is 4.56. The number of phenols is 1. The van der Waals surface area contributed by atoms with Crippen molar-refractivity contribution in [1.82, 2.24) is 15.0 Å². The lowest BCUT2D eigenvalue weighted by Gasteiger charge is -2.04. The number of aromatic hydroxyl groups is 1. The molecule has 0 atom stereocenters. The Morgan fingerprint density at radius 1 is 1.27 bits per heavy atom. The van der Waals surface area contributed by atoms with Crippen LogP contribution in [0, 0.1) is 12.7 Å². The second kappa shape index (κ2) is 8.17. The van der Waals surface area contributed by atoms with Crippen molar-refractivity contribution < 1.29 is 24.1 Å². The first-order valence-electron chi connectivity index (χ1n) is 8.64. The molecule has 0 amide bonds. The molecule has 0 aliphatic rings. The van der Waals surface area contributed by atoms with E-state index in [0.29, 0.717) is 16.6 Å². The van der Waals surface area contributed by atoms with Gasteiger partial charge in [0.2, 0.25) is 5.88 Å². The van der Waals surface area contributed by atoms with Crippen LogP contribution in [-0.4, -0.2) is 31.1 Å². The molecular formula is C20H14FN3O4S2. The standard InChI is InChI=1S/C20H14FN3O4S2/c1-10-18(30-17(23-10)8-28-16-4-2-3-5-22-16)14-9-29-19(24-14)11-7-15(25)12(20(26)27)6-13(11)21/h2-7,9,25H,8H2,1H3,(H,26,27). The number of thiazole rings is 2. The van der Waals surface area contributed by atoms with Crippen LogP contribution in [-0.2, 0) is 6.61 Å². The molecule has 0 aliphatic heterocycles. The number of halogens is 1. The number of carboxylic acid groups (broad SMARTS) is 1. The highest BCUT2D eigenvalue weighted by atomic mass is 32.1. The summed E-state index contributed by atoms with van der Waals surface area (Å²) < 4.78 is 20.0. The molecule has 0 aliphatic carbocycles. The van der Waals surface area contributed by atoms with Crippen molar-refractivity contribution in [2.45, 2.75) is 13.5 Å². The smallest absolute Gasteiger partial charge is 0.339 e. The van der Waals surface area contributed by atoms with Gasteiger partial charge in [0.25, 0.3) is 0 Å². The summed E-state index contributed by atoms with van der Waals surface area (Å²) >= 11 is 2.60. The van der Waals surface area contributed by atoms with Crippen molar-refractivity contribution in [2.75, 3.05) is 0 Å². The Morgan fingerprint density at radius 3 is 2.83 bits per heavy atom. The van der Waals surface area contributed by atoms with Gasteiger partial charge in [-0.05, 0) is 25.1 Å². The molecule has 3 aromatic heterocycles. The second-order valence-corrected chi connectivity index (χ2v) is 8.11. The zero-order valence-electron chi connectivity index (χ0n) is 15.5. The first-order chi connectivity index (χ1) is 14.4. The van der Waals surface area contributed by atoms with E-state index in [-0.39, 0.29) is 12.2 Å². The number of aromatic nitrogens is 3. The summed E-state index contributed by atoms with van der Waals surface area (Å²) in [6, 6.07) is 7.26. The molecule has 0 saturated heterocycles. The maximum Gasteiger partial charge on any atom is 0.339 e. The second-order valence-electron chi connectivity index (χ2n) is 6.17. The van der Waals surface area contributed by atoms with Crippen LogP contribution in [0.5, 0.6) is 11.6 Å². The number of nitrogens with zero attached hydrogens (tertiary/aromatic N) is 3. The average molecular weight is 443 g/mol. The molecular weight excluding hydrogens is 429 g/mol. The Kier molecular flexibility index (Phi) is 5.42. The van der Waals surface area contributed by atoms with Crippen molar-refractivity contribution in [2.24, 2.45) is 0 Å². The van der Waals surface area contributed by atoms with E-state index in [9.17, 15) is 14.3 Å². The summed E-state index contributed by atoms with van der Waals surface area (Å²) in [6.45, 7) is 2.11. The third-order valence-electron chi connectivity index (χ3n) is 4.11. The topological polar surface area (TPSA) is 105 Å². The van der Waals surface area contributed by atoms with Gasteiger partial charge in [-0.25, -0.2) is 24.1 Å². The number of hydrogen-bond acceptors (Lipinski definition) is 8. The molecule has 1 aromatic carbocycles. The monoisotopic (exact) mass is 443 g/mol. The van der Waals surface area contributed by atoms with Gasteiger partial charge in [-0.15, -0.1) is 22.7 Å². The quantitative estimate of drug-likeness (QED) is 0.443. The highest BCUT2D eigenvalue weighted by Crippen LogP contribution is 2.36. The molecule has 2 N–H and O–H groups in total. The lowest BCUT2D eigenvalue weighted by Crippen LogP contribution is -1.98. The van der Waals surface area contributed by atoms with Crippen molar-refractivity contribution >= 4 is 28.6 Å². The predicted octanol–water partition coefficient (Wildman–Crippen LogP) is 4.76. The molecule has 0 spiro atoms. The number of aromatic carboxylic acids is 1. The van der Waals surface area contributed by atoms with Gasteiger partial charge in [0.05, 0.1) is 16.3 Å². The molecule has 30 heavy (non-hydrogen) atoms. The van der Waals surface area contributed by atoms with E-state index in [2.05, 4.69) is 15.0 Å². The summed E-state index contributed by atoms with van der Waals surface area (Å²) in [7, 11) is 0. The summed E-state index contributed by atoms with van der Waals surface area (Å²) in [5.41, 5.74) is 0.926. The number of rotatable bonds is 6. The van der Waals surface area contributed by atoms with Gasteiger partial charge < -0.3 is 14.9 Å². The van der Waals surface area contributed by atoms with Gasteiger partial charge in [0.1, 0.15) is 33.8 Å². The van der Waals surface area contributed by atoms with Crippen molar-refractivity contribution in [1.29, 1.82) is 0 Å². The van der Waals surface area contributed by atoms with Gasteiger partial charge in [0.15, 0.2) is 0 Å². The number of hydrogen-bond donors (Lipinski definition) is 2. The number of benzene rings is 1. The third kappa shape index (κ3) is 4.00. The Balaban J connectivity index is 1.58. The zero-order chi connectivity index (χ0) is 21.3. The van der Waals surface area contributed by atoms with Crippen LogP contribution in [0.25, 0.3) is 21.1 Å². The molecule has 0 saturated carbocycles. The van der Waals surface area contributed by atoms with E-state index in [4.69, 9.17) is 9.84 Å². The molecule has 152 valence electrons. The Bertz CT molecular complexity index is 1220. The summed E-state index contributed by atoms with van der Waals surface area (Å²) in [5, 5.41) is 21.7. The first-order valence-corrected chi connectivity index (χ1v) is 10.3. The van der Waals surface area contributed by atoms with Crippen LogP contribution in [0.3, 0.4) is 0 Å². The number of ether oxygens (including phenoxy) is 1. The lowest BCUT2D eigenvalue weighted by molar-refractivity contribution is 0.0693.